The van der Waals surface area contributed by atoms with Gasteiger partial charge in [0.2, 0.25) is 0 Å². The van der Waals surface area contributed by atoms with Gasteiger partial charge in [-0.25, -0.2) is 4.79 Å². The molecule has 28 heavy (non-hydrogen) atoms. The Hall–Kier alpha value is -1.79. The van der Waals surface area contributed by atoms with Gasteiger partial charge in [-0.1, -0.05) is 38.8 Å². The van der Waals surface area contributed by atoms with E-state index in [-0.39, 0.29) is 6.03 Å². The zero-order valence-electron chi connectivity index (χ0n) is 17.5. The van der Waals surface area contributed by atoms with Gasteiger partial charge < -0.3 is 25.2 Å². The third-order valence-electron chi connectivity index (χ3n) is 6.06. The lowest BCUT2D eigenvalue weighted by molar-refractivity contribution is -0.00232. The van der Waals surface area contributed by atoms with Crippen molar-refractivity contribution in [3.05, 3.63) is 24.3 Å². The van der Waals surface area contributed by atoms with E-state index >= 15 is 0 Å². The largest absolute Gasteiger partial charge is 0.376 e. The molecule has 1 aromatic carbocycles. The molecule has 1 heterocycles. The summed E-state index contributed by atoms with van der Waals surface area (Å²) in [6.45, 7) is 10.8. The van der Waals surface area contributed by atoms with Crippen LogP contribution in [0.15, 0.2) is 24.3 Å². The molecule has 1 aromatic rings. The van der Waals surface area contributed by atoms with Gasteiger partial charge in [0.1, 0.15) is 0 Å². The van der Waals surface area contributed by atoms with Gasteiger partial charge in [-0.2, -0.15) is 0 Å². The van der Waals surface area contributed by atoms with Gasteiger partial charge in [-0.3, -0.25) is 0 Å². The number of amides is 2. The van der Waals surface area contributed by atoms with Crippen LogP contribution < -0.4 is 15.5 Å². The molecule has 0 spiro atoms. The molecule has 0 bridgehead atoms. The van der Waals surface area contributed by atoms with Crippen molar-refractivity contribution in [2.45, 2.75) is 45.6 Å². The van der Waals surface area contributed by atoms with Gasteiger partial charge in [0.05, 0.1) is 24.1 Å². The number of piperazine rings is 1. The Kier molecular flexibility index (Phi) is 7.98. The summed E-state index contributed by atoms with van der Waals surface area (Å²) in [5.41, 5.74) is 1.97. The molecule has 6 nitrogen and oxygen atoms in total. The molecule has 3 rings (SSSR count). The number of ether oxygens (including phenoxy) is 1. The monoisotopic (exact) mass is 388 g/mol. The second-order valence-corrected chi connectivity index (χ2v) is 7.99. The maximum Gasteiger partial charge on any atom is 0.319 e. The molecule has 2 N–H and O–H groups in total. The Bertz CT molecular complexity index is 616. The van der Waals surface area contributed by atoms with Crippen LogP contribution >= 0.6 is 0 Å². The predicted molar refractivity (Wildman–Crippen MR) is 115 cm³/mol. The Balaban J connectivity index is 1.44. The van der Waals surface area contributed by atoms with Crippen molar-refractivity contribution in [2.24, 2.45) is 5.92 Å². The van der Waals surface area contributed by atoms with Crippen LogP contribution in [0.3, 0.4) is 0 Å². The average molecular weight is 389 g/mol. The van der Waals surface area contributed by atoms with Crippen molar-refractivity contribution in [2.75, 3.05) is 56.1 Å². The van der Waals surface area contributed by atoms with Gasteiger partial charge in [0.25, 0.3) is 0 Å². The highest BCUT2D eigenvalue weighted by Gasteiger charge is 2.22. The second kappa shape index (κ2) is 10.7. The van der Waals surface area contributed by atoms with Gasteiger partial charge >= 0.3 is 6.03 Å². The van der Waals surface area contributed by atoms with Gasteiger partial charge in [0.15, 0.2) is 0 Å². The maximum absolute atomic E-state index is 12.4. The fourth-order valence-electron chi connectivity index (χ4n) is 4.23. The van der Waals surface area contributed by atoms with Crippen LogP contribution in [-0.4, -0.2) is 62.9 Å². The topological polar surface area (TPSA) is 56.8 Å². The van der Waals surface area contributed by atoms with Gasteiger partial charge in [0, 0.05) is 32.7 Å². The van der Waals surface area contributed by atoms with Crippen LogP contribution in [0.2, 0.25) is 0 Å². The van der Waals surface area contributed by atoms with E-state index in [1.54, 1.807) is 0 Å². The van der Waals surface area contributed by atoms with Crippen LogP contribution in [0.1, 0.15) is 39.5 Å². The van der Waals surface area contributed by atoms with E-state index in [4.69, 9.17) is 4.74 Å². The van der Waals surface area contributed by atoms with Gasteiger partial charge in [-0.15, -0.1) is 0 Å². The van der Waals surface area contributed by atoms with Crippen molar-refractivity contribution in [1.82, 2.24) is 10.2 Å². The fraction of sp³-hybridized carbons (Fsp3) is 0.682. The number of anilines is 2. The van der Waals surface area contributed by atoms with E-state index in [1.807, 2.05) is 18.2 Å². The predicted octanol–water partition coefficient (Wildman–Crippen LogP) is 3.55. The molecule has 1 aliphatic heterocycles. The minimum Gasteiger partial charge on any atom is -0.376 e. The molecule has 6 heteroatoms. The summed E-state index contributed by atoms with van der Waals surface area (Å²) in [6.07, 6.45) is 5.32. The lowest BCUT2D eigenvalue weighted by Crippen LogP contribution is -2.46. The number of hydrogen-bond donors (Lipinski definition) is 2. The maximum atomic E-state index is 12.4. The normalized spacial score (nSPS) is 23.4. The number of nitrogens with zero attached hydrogens (tertiary/aromatic N) is 2. The van der Waals surface area contributed by atoms with Crippen molar-refractivity contribution in [3.8, 4) is 0 Å². The minimum atomic E-state index is -0.167. The number of likely N-dealkylation sites (N-methyl/N-ethyl adjacent to an activating group) is 1. The smallest absolute Gasteiger partial charge is 0.319 e. The van der Waals surface area contributed by atoms with E-state index in [9.17, 15) is 4.79 Å². The first-order chi connectivity index (χ1) is 13.7. The molecule has 2 atom stereocenters. The fourth-order valence-corrected chi connectivity index (χ4v) is 4.23. The Morgan fingerprint density at radius 3 is 2.64 bits per heavy atom. The third kappa shape index (κ3) is 5.85. The third-order valence-corrected chi connectivity index (χ3v) is 6.06. The lowest BCUT2D eigenvalue weighted by atomic mass is 9.88. The summed E-state index contributed by atoms with van der Waals surface area (Å²) in [5.74, 6) is 0.627. The van der Waals surface area contributed by atoms with E-state index < -0.39 is 0 Å². The molecule has 1 aliphatic carbocycles. The molecule has 2 fully saturated rings. The van der Waals surface area contributed by atoms with Crippen molar-refractivity contribution in [3.63, 3.8) is 0 Å². The molecule has 2 aliphatic rings. The SMILES string of the molecule is CCN1CCN(c2ccccc2NC(=O)NCCO[C@@H]2CCCC[C@@H]2C)CC1. The number of carbonyl (C=O) groups excluding carboxylic acids is 1. The number of para-hydroxylation sites is 2. The summed E-state index contributed by atoms with van der Waals surface area (Å²) in [6, 6.07) is 7.89. The molecule has 0 aromatic heterocycles. The van der Waals surface area contributed by atoms with E-state index in [0.717, 1.165) is 50.5 Å². The van der Waals surface area contributed by atoms with Crippen LogP contribution in [0.4, 0.5) is 16.2 Å². The zero-order chi connectivity index (χ0) is 19.8. The molecular weight excluding hydrogens is 352 g/mol. The standard InChI is InChI=1S/C22H36N4O2/c1-3-25-13-15-26(16-14-25)20-10-6-5-9-19(20)24-22(27)23-12-17-28-21-11-7-4-8-18(21)2/h5-6,9-10,18,21H,3-4,7-8,11-17H2,1-2H3,(H2,23,24,27)/t18-,21+/m0/s1. The Labute approximate surface area is 169 Å². The summed E-state index contributed by atoms with van der Waals surface area (Å²) >= 11 is 0. The number of nitrogens with one attached hydrogen (secondary N) is 2. The highest BCUT2D eigenvalue weighted by atomic mass is 16.5. The molecule has 2 amide bonds. The second-order valence-electron chi connectivity index (χ2n) is 7.99. The van der Waals surface area contributed by atoms with Crippen LogP contribution in [0, 0.1) is 5.92 Å². The minimum absolute atomic E-state index is 0.167. The van der Waals surface area contributed by atoms with E-state index in [0.29, 0.717) is 25.2 Å². The summed E-state index contributed by atoms with van der Waals surface area (Å²) in [4.78, 5) is 17.2. The molecule has 0 unspecified atom stereocenters. The molecular formula is C22H36N4O2. The lowest BCUT2D eigenvalue weighted by Gasteiger charge is -2.36. The zero-order valence-corrected chi connectivity index (χ0v) is 17.5. The van der Waals surface area contributed by atoms with Gasteiger partial charge in [-0.05, 0) is 37.4 Å². The molecule has 1 saturated heterocycles. The molecule has 1 saturated carbocycles. The first-order valence-corrected chi connectivity index (χ1v) is 10.9. The highest BCUT2D eigenvalue weighted by Crippen LogP contribution is 2.27. The van der Waals surface area contributed by atoms with Crippen molar-refractivity contribution < 1.29 is 9.53 Å². The molecule has 0 radical (unpaired) electrons. The number of carbonyl (C=O) groups is 1. The number of hydrogen-bond acceptors (Lipinski definition) is 4. The summed E-state index contributed by atoms with van der Waals surface area (Å²) < 4.78 is 5.98. The summed E-state index contributed by atoms with van der Waals surface area (Å²) in [7, 11) is 0. The summed E-state index contributed by atoms with van der Waals surface area (Å²) in [5, 5.41) is 5.95. The quantitative estimate of drug-likeness (QED) is 0.702. The number of rotatable bonds is 7. The van der Waals surface area contributed by atoms with Crippen LogP contribution in [0.25, 0.3) is 0 Å². The first kappa shape index (κ1) is 20.9. The van der Waals surface area contributed by atoms with E-state index in [2.05, 4.69) is 40.3 Å². The first-order valence-electron chi connectivity index (χ1n) is 10.9. The molecule has 156 valence electrons. The Morgan fingerprint density at radius 1 is 1.14 bits per heavy atom. The number of benzene rings is 1. The average Bonchev–Trinajstić information content (AvgIpc) is 2.73. The van der Waals surface area contributed by atoms with Crippen LogP contribution in [0.5, 0.6) is 0 Å². The Morgan fingerprint density at radius 2 is 1.89 bits per heavy atom. The van der Waals surface area contributed by atoms with Crippen LogP contribution in [-0.2, 0) is 4.74 Å². The number of urea groups is 1. The van der Waals surface area contributed by atoms with E-state index in [1.165, 1.54) is 19.3 Å². The highest BCUT2D eigenvalue weighted by molar-refractivity contribution is 5.93. The van der Waals surface area contributed by atoms with Crippen molar-refractivity contribution >= 4 is 17.4 Å². The van der Waals surface area contributed by atoms with Crippen molar-refractivity contribution in [1.29, 1.82) is 0 Å².